The Balaban J connectivity index is 2.15. The maximum absolute atomic E-state index is 5.81. The van der Waals surface area contributed by atoms with Crippen LogP contribution in [0.1, 0.15) is 16.3 Å². The Labute approximate surface area is 92.4 Å². The number of nitrogens with zero attached hydrogens (tertiary/aromatic N) is 1. The Kier molecular flexibility index (Phi) is 2.85. The minimum absolute atomic E-state index is 0.782. The van der Waals surface area contributed by atoms with E-state index in [1.54, 1.807) is 11.3 Å². The molecule has 72 valence electrons. The van der Waals surface area contributed by atoms with Crippen LogP contribution in [0.15, 0.2) is 29.6 Å². The summed E-state index contributed by atoms with van der Waals surface area (Å²) in [5.74, 6) is 0. The second-order valence-electron chi connectivity index (χ2n) is 3.19. The molecule has 0 aliphatic heterocycles. The lowest BCUT2D eigenvalue weighted by molar-refractivity contribution is 1.10. The number of hydrogen-bond acceptors (Lipinski definition) is 2. The van der Waals surface area contributed by atoms with Gasteiger partial charge in [-0.1, -0.05) is 23.7 Å². The van der Waals surface area contributed by atoms with E-state index in [2.05, 4.69) is 10.4 Å². The molecular weight excluding hydrogens is 214 g/mol. The number of aromatic nitrogens is 1. The van der Waals surface area contributed by atoms with Gasteiger partial charge in [-0.05, 0) is 24.6 Å². The maximum Gasteiger partial charge on any atom is 0.0972 e. The van der Waals surface area contributed by atoms with Gasteiger partial charge in [-0.2, -0.15) is 0 Å². The number of benzene rings is 1. The fourth-order valence-electron chi connectivity index (χ4n) is 1.26. The lowest BCUT2D eigenvalue weighted by Gasteiger charge is -1.97. The van der Waals surface area contributed by atoms with Crippen molar-refractivity contribution in [2.24, 2.45) is 0 Å². The van der Waals surface area contributed by atoms with Crippen molar-refractivity contribution in [2.75, 3.05) is 0 Å². The molecule has 0 saturated carbocycles. The summed E-state index contributed by atoms with van der Waals surface area (Å²) in [6.45, 7) is 2.02. The summed E-state index contributed by atoms with van der Waals surface area (Å²) in [6.07, 6.45) is 0.898. The van der Waals surface area contributed by atoms with E-state index in [1.165, 1.54) is 5.56 Å². The monoisotopic (exact) mass is 223 g/mol. The molecule has 1 heterocycles. The summed E-state index contributed by atoms with van der Waals surface area (Å²) < 4.78 is 0. The molecule has 3 heteroatoms. The van der Waals surface area contributed by atoms with Crippen LogP contribution in [0.5, 0.6) is 0 Å². The molecule has 0 aliphatic rings. The first-order valence-corrected chi connectivity index (χ1v) is 5.65. The van der Waals surface area contributed by atoms with Gasteiger partial charge in [0.2, 0.25) is 0 Å². The normalized spacial score (nSPS) is 10.4. The highest BCUT2D eigenvalue weighted by molar-refractivity contribution is 7.09. The summed E-state index contributed by atoms with van der Waals surface area (Å²) in [5.41, 5.74) is 2.35. The number of rotatable bonds is 2. The van der Waals surface area contributed by atoms with Crippen LogP contribution in [0.3, 0.4) is 0 Å². The van der Waals surface area contributed by atoms with Crippen LogP contribution in [-0.4, -0.2) is 4.98 Å². The minimum atomic E-state index is 0.782. The Morgan fingerprint density at radius 2 is 2.00 bits per heavy atom. The van der Waals surface area contributed by atoms with Gasteiger partial charge >= 0.3 is 0 Å². The molecule has 1 aromatic heterocycles. The third kappa shape index (κ3) is 2.34. The van der Waals surface area contributed by atoms with Gasteiger partial charge in [0.05, 0.1) is 5.01 Å². The first-order chi connectivity index (χ1) is 6.74. The van der Waals surface area contributed by atoms with E-state index < -0.39 is 0 Å². The van der Waals surface area contributed by atoms with E-state index in [1.807, 2.05) is 31.2 Å². The Hall–Kier alpha value is -0.860. The molecule has 1 nitrogen and oxygen atoms in total. The second-order valence-corrected chi connectivity index (χ2v) is 4.56. The van der Waals surface area contributed by atoms with Crippen LogP contribution in [0.4, 0.5) is 0 Å². The van der Waals surface area contributed by atoms with Crippen LogP contribution >= 0.6 is 22.9 Å². The first-order valence-electron chi connectivity index (χ1n) is 4.39. The fraction of sp³-hybridized carbons (Fsp3) is 0.182. The van der Waals surface area contributed by atoms with Gasteiger partial charge < -0.3 is 0 Å². The van der Waals surface area contributed by atoms with E-state index >= 15 is 0 Å². The van der Waals surface area contributed by atoms with Crippen LogP contribution < -0.4 is 0 Å². The van der Waals surface area contributed by atoms with Crippen molar-refractivity contribution in [3.05, 3.63) is 50.9 Å². The second kappa shape index (κ2) is 4.11. The van der Waals surface area contributed by atoms with Gasteiger partial charge in [-0.25, -0.2) is 4.98 Å². The van der Waals surface area contributed by atoms with Gasteiger partial charge in [0.25, 0.3) is 0 Å². The van der Waals surface area contributed by atoms with Gasteiger partial charge in [-0.3, -0.25) is 0 Å². The van der Waals surface area contributed by atoms with E-state index in [9.17, 15) is 0 Å². The summed E-state index contributed by atoms with van der Waals surface area (Å²) in [6, 6.07) is 7.91. The first kappa shape index (κ1) is 9.69. The largest absolute Gasteiger partial charge is 0.246 e. The number of hydrogen-bond donors (Lipinski definition) is 0. The van der Waals surface area contributed by atoms with Crippen LogP contribution in [0.2, 0.25) is 5.02 Å². The predicted octanol–water partition coefficient (Wildman–Crippen LogP) is 3.70. The zero-order valence-corrected chi connectivity index (χ0v) is 9.40. The number of thiazole rings is 1. The molecular formula is C11H10ClNS. The Morgan fingerprint density at radius 3 is 2.57 bits per heavy atom. The van der Waals surface area contributed by atoms with Crippen molar-refractivity contribution < 1.29 is 0 Å². The zero-order chi connectivity index (χ0) is 9.97. The number of halogens is 1. The van der Waals surface area contributed by atoms with Crippen LogP contribution in [0.25, 0.3) is 0 Å². The highest BCUT2D eigenvalue weighted by Gasteiger charge is 2.00. The fourth-order valence-corrected chi connectivity index (χ4v) is 2.19. The van der Waals surface area contributed by atoms with Gasteiger partial charge in [0, 0.05) is 22.5 Å². The van der Waals surface area contributed by atoms with E-state index in [0.29, 0.717) is 0 Å². The molecule has 2 aromatic rings. The standard InChI is InChI=1S/C11H10ClNS/c1-8-7-14-11(13-8)6-9-2-4-10(12)5-3-9/h2-5,7H,6H2,1H3. The third-order valence-electron chi connectivity index (χ3n) is 1.94. The molecule has 0 atom stereocenters. The SMILES string of the molecule is Cc1csc(Cc2ccc(Cl)cc2)n1. The summed E-state index contributed by atoms with van der Waals surface area (Å²) in [7, 11) is 0. The summed E-state index contributed by atoms with van der Waals surface area (Å²) in [5, 5.41) is 4.01. The zero-order valence-electron chi connectivity index (χ0n) is 7.83. The quantitative estimate of drug-likeness (QED) is 0.757. The van der Waals surface area contributed by atoms with Crippen molar-refractivity contribution in [2.45, 2.75) is 13.3 Å². The van der Waals surface area contributed by atoms with Crippen LogP contribution in [0, 0.1) is 6.92 Å². The lowest BCUT2D eigenvalue weighted by atomic mass is 10.2. The molecule has 0 amide bonds. The lowest BCUT2D eigenvalue weighted by Crippen LogP contribution is -1.86. The summed E-state index contributed by atoms with van der Waals surface area (Å²) in [4.78, 5) is 4.41. The van der Waals surface area contributed by atoms with Crippen molar-refractivity contribution in [3.63, 3.8) is 0 Å². The molecule has 1 aromatic carbocycles. The van der Waals surface area contributed by atoms with E-state index in [0.717, 1.165) is 22.1 Å². The smallest absolute Gasteiger partial charge is 0.0972 e. The molecule has 0 unspecified atom stereocenters. The van der Waals surface area contributed by atoms with Crippen LogP contribution in [-0.2, 0) is 6.42 Å². The van der Waals surface area contributed by atoms with Crippen molar-refractivity contribution >= 4 is 22.9 Å². The number of aryl methyl sites for hydroxylation is 1. The predicted molar refractivity (Wildman–Crippen MR) is 61.1 cm³/mol. The molecule has 14 heavy (non-hydrogen) atoms. The third-order valence-corrected chi connectivity index (χ3v) is 3.15. The molecule has 0 bridgehead atoms. The summed E-state index contributed by atoms with van der Waals surface area (Å²) >= 11 is 7.51. The average Bonchev–Trinajstić information content (AvgIpc) is 2.56. The molecule has 2 rings (SSSR count). The molecule has 0 N–H and O–H groups in total. The molecule has 0 radical (unpaired) electrons. The Morgan fingerprint density at radius 1 is 1.29 bits per heavy atom. The molecule has 0 spiro atoms. The van der Waals surface area contributed by atoms with Crippen molar-refractivity contribution in [1.29, 1.82) is 0 Å². The van der Waals surface area contributed by atoms with Gasteiger partial charge in [0.15, 0.2) is 0 Å². The Bertz CT molecular complexity index is 419. The van der Waals surface area contributed by atoms with Gasteiger partial charge in [0.1, 0.15) is 0 Å². The van der Waals surface area contributed by atoms with E-state index in [4.69, 9.17) is 11.6 Å². The van der Waals surface area contributed by atoms with Crippen molar-refractivity contribution in [1.82, 2.24) is 4.98 Å². The maximum atomic E-state index is 5.81. The minimum Gasteiger partial charge on any atom is -0.246 e. The molecule has 0 saturated heterocycles. The highest BCUT2D eigenvalue weighted by atomic mass is 35.5. The topological polar surface area (TPSA) is 12.9 Å². The molecule has 0 aliphatic carbocycles. The van der Waals surface area contributed by atoms with Crippen molar-refractivity contribution in [3.8, 4) is 0 Å². The highest BCUT2D eigenvalue weighted by Crippen LogP contribution is 2.16. The van der Waals surface area contributed by atoms with Gasteiger partial charge in [-0.15, -0.1) is 11.3 Å². The average molecular weight is 224 g/mol. The van der Waals surface area contributed by atoms with E-state index in [-0.39, 0.29) is 0 Å². The molecule has 0 fully saturated rings.